The van der Waals surface area contributed by atoms with Crippen LogP contribution in [0.15, 0.2) is 35.5 Å². The predicted octanol–water partition coefficient (Wildman–Crippen LogP) is 3.35. The molecule has 5 heteroatoms. The summed E-state index contributed by atoms with van der Waals surface area (Å²) in [7, 11) is 0. The normalized spacial score (nSPS) is 14.4. The first-order chi connectivity index (χ1) is 9.88. The summed E-state index contributed by atoms with van der Waals surface area (Å²) in [5, 5.41) is 9.67. The minimum atomic E-state index is 0.650. The number of benzene rings is 1. The number of para-hydroxylation sites is 1. The van der Waals surface area contributed by atoms with Gasteiger partial charge >= 0.3 is 0 Å². The average molecular weight is 289 g/mol. The predicted molar refractivity (Wildman–Crippen MR) is 80.3 cm³/mol. The molecule has 0 atom stereocenters. The van der Waals surface area contributed by atoms with Gasteiger partial charge in [0.2, 0.25) is 0 Å². The summed E-state index contributed by atoms with van der Waals surface area (Å²) in [5.41, 5.74) is 0. The molecule has 2 aromatic rings. The van der Waals surface area contributed by atoms with Crippen molar-refractivity contribution in [1.29, 1.82) is 0 Å². The third kappa shape index (κ3) is 3.15. The largest absolute Gasteiger partial charge is 0.493 e. The number of aromatic nitrogens is 3. The van der Waals surface area contributed by atoms with Crippen molar-refractivity contribution in [2.75, 3.05) is 12.4 Å². The van der Waals surface area contributed by atoms with Gasteiger partial charge in [0.15, 0.2) is 5.16 Å². The summed E-state index contributed by atoms with van der Waals surface area (Å²) in [5.74, 6) is 3.62. The van der Waals surface area contributed by atoms with Gasteiger partial charge in [-0.25, -0.2) is 0 Å². The van der Waals surface area contributed by atoms with Crippen LogP contribution in [0.1, 0.15) is 31.5 Å². The summed E-state index contributed by atoms with van der Waals surface area (Å²) < 4.78 is 7.93. The Hall–Kier alpha value is -1.49. The summed E-state index contributed by atoms with van der Waals surface area (Å²) in [6, 6.07) is 9.91. The van der Waals surface area contributed by atoms with Crippen LogP contribution in [0.2, 0.25) is 0 Å². The van der Waals surface area contributed by atoms with Gasteiger partial charge in [-0.05, 0) is 31.9 Å². The molecule has 1 saturated carbocycles. The standard InChI is InChI=1S/C15H19N3OS/c1-2-18-14(12-8-9-12)16-17-15(18)20-11-10-19-13-6-4-3-5-7-13/h3-7,12H,2,8-11H2,1H3. The minimum absolute atomic E-state index is 0.650. The Kier molecular flexibility index (Phi) is 4.25. The van der Waals surface area contributed by atoms with Crippen LogP contribution in [-0.2, 0) is 6.54 Å². The quantitative estimate of drug-likeness (QED) is 0.579. The highest BCUT2D eigenvalue weighted by Crippen LogP contribution is 2.39. The van der Waals surface area contributed by atoms with Crippen LogP contribution in [0.25, 0.3) is 0 Å². The molecule has 4 nitrogen and oxygen atoms in total. The number of thioether (sulfide) groups is 1. The van der Waals surface area contributed by atoms with Gasteiger partial charge in [-0.3, -0.25) is 0 Å². The number of hydrogen-bond acceptors (Lipinski definition) is 4. The molecule has 1 aliphatic carbocycles. The van der Waals surface area contributed by atoms with E-state index in [9.17, 15) is 0 Å². The Morgan fingerprint density at radius 3 is 2.75 bits per heavy atom. The average Bonchev–Trinajstić information content (AvgIpc) is 3.25. The van der Waals surface area contributed by atoms with Gasteiger partial charge in [-0.1, -0.05) is 30.0 Å². The third-order valence-electron chi connectivity index (χ3n) is 3.33. The van der Waals surface area contributed by atoms with Crippen molar-refractivity contribution in [3.63, 3.8) is 0 Å². The van der Waals surface area contributed by atoms with Crippen LogP contribution < -0.4 is 4.74 Å². The number of rotatable bonds is 7. The first kappa shape index (κ1) is 13.5. The van der Waals surface area contributed by atoms with Gasteiger partial charge in [0, 0.05) is 18.2 Å². The Morgan fingerprint density at radius 1 is 1.25 bits per heavy atom. The number of hydrogen-bond donors (Lipinski definition) is 0. The zero-order chi connectivity index (χ0) is 13.8. The first-order valence-corrected chi connectivity index (χ1v) is 8.10. The maximum atomic E-state index is 5.69. The number of nitrogens with zero attached hydrogens (tertiary/aromatic N) is 3. The van der Waals surface area contributed by atoms with Crippen molar-refractivity contribution in [3.8, 4) is 5.75 Å². The second-order valence-corrected chi connectivity index (χ2v) is 5.93. The molecule has 1 fully saturated rings. The fourth-order valence-electron chi connectivity index (χ4n) is 2.16. The Morgan fingerprint density at radius 2 is 2.05 bits per heavy atom. The zero-order valence-electron chi connectivity index (χ0n) is 11.7. The van der Waals surface area contributed by atoms with Crippen LogP contribution in [0.3, 0.4) is 0 Å². The van der Waals surface area contributed by atoms with E-state index in [0.717, 1.165) is 23.2 Å². The van der Waals surface area contributed by atoms with E-state index in [0.29, 0.717) is 12.5 Å². The molecule has 0 bridgehead atoms. The lowest BCUT2D eigenvalue weighted by atomic mass is 10.3. The highest BCUT2D eigenvalue weighted by Gasteiger charge is 2.29. The van der Waals surface area contributed by atoms with E-state index in [2.05, 4.69) is 21.7 Å². The molecule has 0 saturated heterocycles. The molecule has 0 amide bonds. The van der Waals surface area contributed by atoms with Gasteiger partial charge < -0.3 is 9.30 Å². The van der Waals surface area contributed by atoms with Crippen molar-refractivity contribution in [3.05, 3.63) is 36.2 Å². The Bertz CT molecular complexity index is 552. The maximum absolute atomic E-state index is 5.69. The molecule has 0 N–H and O–H groups in total. The molecular formula is C15H19N3OS. The fraction of sp³-hybridized carbons (Fsp3) is 0.467. The van der Waals surface area contributed by atoms with Crippen LogP contribution in [0.4, 0.5) is 0 Å². The van der Waals surface area contributed by atoms with Crippen LogP contribution >= 0.6 is 11.8 Å². The molecule has 0 radical (unpaired) electrons. The topological polar surface area (TPSA) is 39.9 Å². The molecule has 106 valence electrons. The molecule has 1 aliphatic rings. The molecule has 1 aromatic heterocycles. The second-order valence-electron chi connectivity index (χ2n) is 4.87. The van der Waals surface area contributed by atoms with Gasteiger partial charge in [0.1, 0.15) is 11.6 Å². The van der Waals surface area contributed by atoms with E-state index in [1.54, 1.807) is 11.8 Å². The van der Waals surface area contributed by atoms with Crippen molar-refractivity contribution in [1.82, 2.24) is 14.8 Å². The zero-order valence-corrected chi connectivity index (χ0v) is 12.5. The van der Waals surface area contributed by atoms with E-state index in [1.165, 1.54) is 18.7 Å². The lowest BCUT2D eigenvalue weighted by molar-refractivity contribution is 0.344. The lowest BCUT2D eigenvalue weighted by Gasteiger charge is -2.07. The van der Waals surface area contributed by atoms with Crippen molar-refractivity contribution >= 4 is 11.8 Å². The van der Waals surface area contributed by atoms with Crippen molar-refractivity contribution in [2.45, 2.75) is 37.4 Å². The smallest absolute Gasteiger partial charge is 0.191 e. The SMILES string of the molecule is CCn1c(SCCOc2ccccc2)nnc1C1CC1. The molecule has 0 spiro atoms. The van der Waals surface area contributed by atoms with Crippen molar-refractivity contribution in [2.24, 2.45) is 0 Å². The van der Waals surface area contributed by atoms with E-state index in [4.69, 9.17) is 4.74 Å². The third-order valence-corrected chi connectivity index (χ3v) is 4.26. The summed E-state index contributed by atoms with van der Waals surface area (Å²) in [4.78, 5) is 0. The van der Waals surface area contributed by atoms with Gasteiger partial charge in [0.05, 0.1) is 6.61 Å². The second kappa shape index (κ2) is 6.31. The Labute approximate surface area is 123 Å². The van der Waals surface area contributed by atoms with Gasteiger partial charge in [0.25, 0.3) is 0 Å². The summed E-state index contributed by atoms with van der Waals surface area (Å²) in [6.45, 7) is 3.78. The fourth-order valence-corrected chi connectivity index (χ4v) is 2.98. The van der Waals surface area contributed by atoms with Crippen LogP contribution in [-0.4, -0.2) is 27.1 Å². The van der Waals surface area contributed by atoms with Crippen LogP contribution in [0, 0.1) is 0 Å². The minimum Gasteiger partial charge on any atom is -0.493 e. The lowest BCUT2D eigenvalue weighted by Crippen LogP contribution is -2.04. The monoisotopic (exact) mass is 289 g/mol. The van der Waals surface area contributed by atoms with E-state index in [1.807, 2.05) is 30.3 Å². The van der Waals surface area contributed by atoms with E-state index >= 15 is 0 Å². The molecular weight excluding hydrogens is 270 g/mol. The maximum Gasteiger partial charge on any atom is 0.191 e. The van der Waals surface area contributed by atoms with Crippen molar-refractivity contribution < 1.29 is 4.74 Å². The summed E-state index contributed by atoms with van der Waals surface area (Å²) in [6.07, 6.45) is 2.53. The number of ether oxygens (including phenoxy) is 1. The van der Waals surface area contributed by atoms with Gasteiger partial charge in [-0.15, -0.1) is 10.2 Å². The van der Waals surface area contributed by atoms with E-state index in [-0.39, 0.29) is 0 Å². The molecule has 1 heterocycles. The molecule has 0 unspecified atom stereocenters. The Balaban J connectivity index is 1.51. The van der Waals surface area contributed by atoms with Crippen LogP contribution in [0.5, 0.6) is 5.75 Å². The first-order valence-electron chi connectivity index (χ1n) is 7.12. The van der Waals surface area contributed by atoms with Gasteiger partial charge in [-0.2, -0.15) is 0 Å². The molecule has 1 aromatic carbocycles. The highest BCUT2D eigenvalue weighted by atomic mass is 32.2. The molecule has 0 aliphatic heterocycles. The summed E-state index contributed by atoms with van der Waals surface area (Å²) >= 11 is 1.72. The highest BCUT2D eigenvalue weighted by molar-refractivity contribution is 7.99. The van der Waals surface area contributed by atoms with E-state index < -0.39 is 0 Å². The molecule has 20 heavy (non-hydrogen) atoms. The molecule has 3 rings (SSSR count).